The number of aromatic amines is 1. The van der Waals surface area contributed by atoms with Gasteiger partial charge in [0, 0.05) is 48.3 Å². The van der Waals surface area contributed by atoms with E-state index in [0.717, 1.165) is 27.9 Å². The van der Waals surface area contributed by atoms with E-state index < -0.39 is 0 Å². The van der Waals surface area contributed by atoms with Crippen LogP contribution in [0.1, 0.15) is 27.9 Å². The predicted molar refractivity (Wildman–Crippen MR) is 111 cm³/mol. The molecule has 1 aromatic heterocycles. The van der Waals surface area contributed by atoms with E-state index in [9.17, 15) is 14.0 Å². The minimum atomic E-state index is -0.330. The number of nitrogens with zero attached hydrogens (tertiary/aromatic N) is 1. The molecule has 2 aromatic carbocycles. The van der Waals surface area contributed by atoms with Gasteiger partial charge in [-0.3, -0.25) is 14.5 Å². The molecule has 3 aromatic rings. The first-order valence-electron chi connectivity index (χ1n) is 9.80. The number of aryl methyl sites for hydroxylation is 2. The zero-order valence-corrected chi connectivity index (χ0v) is 16.6. The van der Waals surface area contributed by atoms with Crippen LogP contribution in [-0.2, 0) is 24.3 Å². The molecule has 5 nitrogen and oxygen atoms in total. The molecule has 2 N–H and O–H groups in total. The first-order valence-corrected chi connectivity index (χ1v) is 9.80. The van der Waals surface area contributed by atoms with Crippen LogP contribution in [0.15, 0.2) is 41.2 Å². The average molecular weight is 393 g/mol. The molecule has 1 aliphatic heterocycles. The van der Waals surface area contributed by atoms with Crippen molar-refractivity contribution >= 4 is 16.8 Å². The molecule has 0 spiro atoms. The summed E-state index contributed by atoms with van der Waals surface area (Å²) in [6, 6.07) is 10.2. The maximum absolute atomic E-state index is 13.7. The highest BCUT2D eigenvalue weighted by atomic mass is 19.1. The van der Waals surface area contributed by atoms with Crippen LogP contribution in [0.5, 0.6) is 0 Å². The second-order valence-electron chi connectivity index (χ2n) is 7.67. The maximum atomic E-state index is 13.7. The molecule has 0 aliphatic carbocycles. The van der Waals surface area contributed by atoms with Gasteiger partial charge in [0.15, 0.2) is 5.43 Å². The SMILES string of the molecule is Cc1ccc2c(=O)c3c([nH]c2c1C)CCN(CC(=O)NCc1ccccc1F)C3. The van der Waals surface area contributed by atoms with Gasteiger partial charge in [-0.15, -0.1) is 0 Å². The van der Waals surface area contributed by atoms with Gasteiger partial charge < -0.3 is 10.3 Å². The number of halogens is 1. The number of H-pyrrole nitrogens is 1. The van der Waals surface area contributed by atoms with E-state index in [2.05, 4.69) is 10.3 Å². The lowest BCUT2D eigenvalue weighted by Crippen LogP contribution is -2.41. The summed E-state index contributed by atoms with van der Waals surface area (Å²) in [5.74, 6) is -0.510. The Morgan fingerprint density at radius 1 is 1.21 bits per heavy atom. The number of benzene rings is 2. The van der Waals surface area contributed by atoms with E-state index in [1.54, 1.807) is 18.2 Å². The van der Waals surface area contributed by atoms with Gasteiger partial charge in [-0.05, 0) is 37.1 Å². The summed E-state index contributed by atoms with van der Waals surface area (Å²) in [7, 11) is 0. The van der Waals surface area contributed by atoms with E-state index >= 15 is 0 Å². The third-order valence-electron chi connectivity index (χ3n) is 5.76. The van der Waals surface area contributed by atoms with Crippen LogP contribution in [-0.4, -0.2) is 28.9 Å². The molecule has 0 saturated carbocycles. The number of rotatable bonds is 4. The van der Waals surface area contributed by atoms with Crippen molar-refractivity contribution < 1.29 is 9.18 Å². The molecular formula is C23H24FN3O2. The number of fused-ring (bicyclic) bond motifs is 2. The second kappa shape index (κ2) is 7.79. The van der Waals surface area contributed by atoms with Crippen molar-refractivity contribution in [3.63, 3.8) is 0 Å². The second-order valence-corrected chi connectivity index (χ2v) is 7.67. The summed E-state index contributed by atoms with van der Waals surface area (Å²) in [5, 5.41) is 3.45. The number of amides is 1. The first kappa shape index (κ1) is 19.3. The largest absolute Gasteiger partial charge is 0.358 e. The normalized spacial score (nSPS) is 14.0. The molecule has 6 heteroatoms. The fourth-order valence-corrected chi connectivity index (χ4v) is 3.87. The summed E-state index contributed by atoms with van der Waals surface area (Å²) in [6.45, 7) is 5.51. The Labute approximate surface area is 168 Å². The van der Waals surface area contributed by atoms with Crippen molar-refractivity contribution in [3.8, 4) is 0 Å². The van der Waals surface area contributed by atoms with Gasteiger partial charge in [-0.25, -0.2) is 4.39 Å². The fourth-order valence-electron chi connectivity index (χ4n) is 3.87. The summed E-state index contributed by atoms with van der Waals surface area (Å²) in [6.07, 6.45) is 0.689. The fraction of sp³-hybridized carbons (Fsp3) is 0.304. The minimum Gasteiger partial charge on any atom is -0.358 e. The Balaban J connectivity index is 1.48. The Morgan fingerprint density at radius 2 is 2.00 bits per heavy atom. The molecular weight excluding hydrogens is 369 g/mol. The van der Waals surface area contributed by atoms with Crippen LogP contribution in [0, 0.1) is 19.7 Å². The Morgan fingerprint density at radius 3 is 2.79 bits per heavy atom. The van der Waals surface area contributed by atoms with Gasteiger partial charge in [-0.1, -0.05) is 24.3 Å². The van der Waals surface area contributed by atoms with E-state index in [4.69, 9.17) is 0 Å². The third-order valence-corrected chi connectivity index (χ3v) is 5.76. The van der Waals surface area contributed by atoms with Gasteiger partial charge in [0.2, 0.25) is 5.91 Å². The number of nitrogens with one attached hydrogen (secondary N) is 2. The summed E-state index contributed by atoms with van der Waals surface area (Å²) >= 11 is 0. The molecule has 0 radical (unpaired) electrons. The summed E-state index contributed by atoms with van der Waals surface area (Å²) in [5.41, 5.74) is 5.33. The zero-order valence-electron chi connectivity index (χ0n) is 16.6. The first-order chi connectivity index (χ1) is 13.9. The molecule has 0 unspecified atom stereocenters. The van der Waals surface area contributed by atoms with Crippen molar-refractivity contribution in [3.05, 3.63) is 80.4 Å². The lowest BCUT2D eigenvalue weighted by molar-refractivity contribution is -0.122. The number of hydrogen-bond donors (Lipinski definition) is 2. The maximum Gasteiger partial charge on any atom is 0.234 e. The van der Waals surface area contributed by atoms with Crippen molar-refractivity contribution in [2.45, 2.75) is 33.4 Å². The van der Waals surface area contributed by atoms with Crippen molar-refractivity contribution in [1.82, 2.24) is 15.2 Å². The highest BCUT2D eigenvalue weighted by Gasteiger charge is 2.23. The number of pyridine rings is 1. The van der Waals surface area contributed by atoms with Crippen LogP contribution in [0.3, 0.4) is 0 Å². The predicted octanol–water partition coefficient (Wildman–Crippen LogP) is 2.96. The standard InChI is InChI=1S/C23H24FN3O2/c1-14-7-8-17-22(15(14)2)26-20-9-10-27(12-18(20)23(17)29)13-21(28)25-11-16-5-3-4-6-19(16)24/h3-8H,9-13H2,1-2H3,(H,25,28)(H,26,29). The molecule has 0 saturated heterocycles. The number of carbonyl (C=O) groups is 1. The van der Waals surface area contributed by atoms with Gasteiger partial charge >= 0.3 is 0 Å². The van der Waals surface area contributed by atoms with E-state index in [1.165, 1.54) is 6.07 Å². The molecule has 0 fully saturated rings. The number of hydrogen-bond acceptors (Lipinski definition) is 3. The smallest absolute Gasteiger partial charge is 0.234 e. The van der Waals surface area contributed by atoms with Crippen molar-refractivity contribution in [2.24, 2.45) is 0 Å². The van der Waals surface area contributed by atoms with Crippen LogP contribution in [0.4, 0.5) is 4.39 Å². The summed E-state index contributed by atoms with van der Waals surface area (Å²) in [4.78, 5) is 30.8. The molecule has 1 amide bonds. The highest BCUT2D eigenvalue weighted by molar-refractivity contribution is 5.83. The minimum absolute atomic E-state index is 0.0355. The van der Waals surface area contributed by atoms with E-state index in [0.29, 0.717) is 30.5 Å². The van der Waals surface area contributed by atoms with Crippen molar-refractivity contribution in [2.75, 3.05) is 13.1 Å². The van der Waals surface area contributed by atoms with Crippen LogP contribution >= 0.6 is 0 Å². The molecule has 0 bridgehead atoms. The van der Waals surface area contributed by atoms with E-state index in [1.807, 2.05) is 30.9 Å². The monoisotopic (exact) mass is 393 g/mol. The Bertz CT molecular complexity index is 1150. The number of aromatic nitrogens is 1. The third kappa shape index (κ3) is 3.80. The Hall–Kier alpha value is -2.99. The molecule has 0 atom stereocenters. The van der Waals surface area contributed by atoms with Crippen molar-refractivity contribution in [1.29, 1.82) is 0 Å². The highest BCUT2D eigenvalue weighted by Crippen LogP contribution is 2.22. The lowest BCUT2D eigenvalue weighted by atomic mass is 9.99. The van der Waals surface area contributed by atoms with Gasteiger partial charge in [0.05, 0.1) is 12.1 Å². The molecule has 1 aliphatic rings. The molecule has 2 heterocycles. The average Bonchev–Trinajstić information content (AvgIpc) is 2.71. The van der Waals surface area contributed by atoms with Gasteiger partial charge in [0.25, 0.3) is 0 Å². The molecule has 4 rings (SSSR count). The molecule has 29 heavy (non-hydrogen) atoms. The Kier molecular flexibility index (Phi) is 5.20. The zero-order chi connectivity index (χ0) is 20.5. The summed E-state index contributed by atoms with van der Waals surface area (Å²) < 4.78 is 13.7. The quantitative estimate of drug-likeness (QED) is 0.716. The van der Waals surface area contributed by atoms with Crippen LogP contribution in [0.25, 0.3) is 10.9 Å². The van der Waals surface area contributed by atoms with Crippen LogP contribution in [0.2, 0.25) is 0 Å². The van der Waals surface area contributed by atoms with Crippen LogP contribution < -0.4 is 10.7 Å². The van der Waals surface area contributed by atoms with E-state index in [-0.39, 0.29) is 30.2 Å². The van der Waals surface area contributed by atoms with Gasteiger partial charge in [-0.2, -0.15) is 0 Å². The lowest BCUT2D eigenvalue weighted by Gasteiger charge is -2.28. The van der Waals surface area contributed by atoms with Gasteiger partial charge in [0.1, 0.15) is 5.82 Å². The number of carbonyl (C=O) groups excluding carboxylic acids is 1. The topological polar surface area (TPSA) is 65.2 Å². The molecule has 150 valence electrons.